The Morgan fingerprint density at radius 1 is 1.44 bits per heavy atom. The van der Waals surface area contributed by atoms with Gasteiger partial charge in [-0.05, 0) is 37.6 Å². The summed E-state index contributed by atoms with van der Waals surface area (Å²) in [5.41, 5.74) is 0. The van der Waals surface area contributed by atoms with Crippen molar-refractivity contribution in [3.05, 3.63) is 0 Å². The number of rotatable bonds is 8. The fraction of sp³-hybridized carbons (Fsp3) is 1.00. The molecule has 1 heterocycles. The third-order valence-electron chi connectivity index (χ3n) is 3.42. The van der Waals surface area contributed by atoms with E-state index in [1.165, 1.54) is 19.3 Å². The first kappa shape index (κ1) is 13.9. The largest absolute Gasteiger partial charge is 0.383 e. The maximum Gasteiger partial charge on any atom is 0.0587 e. The molecule has 0 radical (unpaired) electrons. The van der Waals surface area contributed by atoms with E-state index >= 15 is 0 Å². The van der Waals surface area contributed by atoms with Crippen molar-refractivity contribution in [2.45, 2.75) is 39.2 Å². The molecule has 1 N–H and O–H groups in total. The maximum absolute atomic E-state index is 5.71. The molecule has 1 fully saturated rings. The zero-order chi connectivity index (χ0) is 11.8. The van der Waals surface area contributed by atoms with E-state index in [1.54, 1.807) is 7.11 Å². The molecule has 96 valence electrons. The second kappa shape index (κ2) is 8.04. The summed E-state index contributed by atoms with van der Waals surface area (Å²) in [5.74, 6) is 1.44. The second-order valence-corrected chi connectivity index (χ2v) is 5.07. The number of methoxy groups -OCH3 is 1. The second-order valence-electron chi connectivity index (χ2n) is 5.07. The maximum atomic E-state index is 5.71. The highest BCUT2D eigenvalue weighted by Gasteiger charge is 2.22. The molecule has 0 amide bonds. The minimum Gasteiger partial charge on any atom is -0.383 e. The predicted molar refractivity (Wildman–Crippen MR) is 66.7 cm³/mol. The number of ether oxygens (including phenoxy) is 2. The molecule has 3 nitrogen and oxygen atoms in total. The summed E-state index contributed by atoms with van der Waals surface area (Å²) in [6.07, 6.45) is 4.21. The van der Waals surface area contributed by atoms with Gasteiger partial charge >= 0.3 is 0 Å². The van der Waals surface area contributed by atoms with Crippen molar-refractivity contribution in [1.29, 1.82) is 0 Å². The van der Waals surface area contributed by atoms with Crippen molar-refractivity contribution in [3.8, 4) is 0 Å². The molecular weight excluding hydrogens is 202 g/mol. The van der Waals surface area contributed by atoms with E-state index in [-0.39, 0.29) is 0 Å². The van der Waals surface area contributed by atoms with Crippen LogP contribution in [0.5, 0.6) is 0 Å². The van der Waals surface area contributed by atoms with Gasteiger partial charge in [0.05, 0.1) is 12.7 Å². The van der Waals surface area contributed by atoms with Crippen LogP contribution in [0.3, 0.4) is 0 Å². The van der Waals surface area contributed by atoms with Gasteiger partial charge in [-0.25, -0.2) is 0 Å². The normalized spacial score (nSPS) is 22.9. The quantitative estimate of drug-likeness (QED) is 0.646. The Bertz CT molecular complexity index is 167. The van der Waals surface area contributed by atoms with Gasteiger partial charge in [0, 0.05) is 20.3 Å². The molecule has 0 aliphatic carbocycles. The van der Waals surface area contributed by atoms with Crippen molar-refractivity contribution in [2.75, 3.05) is 33.4 Å². The summed E-state index contributed by atoms with van der Waals surface area (Å²) in [7, 11) is 1.74. The van der Waals surface area contributed by atoms with Crippen LogP contribution in [0.2, 0.25) is 0 Å². The molecule has 1 rings (SSSR count). The van der Waals surface area contributed by atoms with E-state index in [9.17, 15) is 0 Å². The third kappa shape index (κ3) is 5.28. The zero-order valence-electron chi connectivity index (χ0n) is 11.0. The highest BCUT2D eigenvalue weighted by molar-refractivity contribution is 4.74. The first-order valence-corrected chi connectivity index (χ1v) is 6.55. The predicted octanol–water partition coefficient (Wildman–Crippen LogP) is 2.06. The van der Waals surface area contributed by atoms with Crippen molar-refractivity contribution < 1.29 is 9.47 Å². The monoisotopic (exact) mass is 229 g/mol. The average Bonchev–Trinajstić information content (AvgIpc) is 2.75. The lowest BCUT2D eigenvalue weighted by Crippen LogP contribution is -2.31. The third-order valence-corrected chi connectivity index (χ3v) is 3.42. The van der Waals surface area contributed by atoms with E-state index in [0.29, 0.717) is 6.10 Å². The lowest BCUT2D eigenvalue weighted by atomic mass is 9.89. The Kier molecular flexibility index (Phi) is 7.01. The van der Waals surface area contributed by atoms with Crippen molar-refractivity contribution in [1.82, 2.24) is 5.32 Å². The summed E-state index contributed by atoms with van der Waals surface area (Å²) in [5, 5.41) is 3.46. The van der Waals surface area contributed by atoms with Crippen LogP contribution in [0.25, 0.3) is 0 Å². The van der Waals surface area contributed by atoms with Crippen molar-refractivity contribution in [3.63, 3.8) is 0 Å². The molecule has 0 saturated carbocycles. The molecule has 0 aromatic carbocycles. The van der Waals surface area contributed by atoms with Crippen LogP contribution in [0.15, 0.2) is 0 Å². The topological polar surface area (TPSA) is 30.5 Å². The van der Waals surface area contributed by atoms with Crippen LogP contribution in [0.4, 0.5) is 0 Å². The molecule has 16 heavy (non-hydrogen) atoms. The molecule has 0 aromatic heterocycles. The molecule has 0 bridgehead atoms. The first-order chi connectivity index (χ1) is 7.74. The summed E-state index contributed by atoms with van der Waals surface area (Å²) >= 11 is 0. The molecule has 1 aliphatic rings. The minimum absolute atomic E-state index is 0.511. The molecular formula is C13H27NO2. The van der Waals surface area contributed by atoms with Crippen molar-refractivity contribution >= 4 is 0 Å². The van der Waals surface area contributed by atoms with Crippen LogP contribution in [-0.2, 0) is 9.47 Å². The Labute approximate surface area is 99.9 Å². The number of hydrogen-bond donors (Lipinski definition) is 1. The van der Waals surface area contributed by atoms with Crippen LogP contribution in [0, 0.1) is 11.8 Å². The van der Waals surface area contributed by atoms with Crippen LogP contribution in [0.1, 0.15) is 33.1 Å². The van der Waals surface area contributed by atoms with E-state index in [0.717, 1.165) is 38.1 Å². The van der Waals surface area contributed by atoms with Gasteiger partial charge in [-0.2, -0.15) is 0 Å². The van der Waals surface area contributed by atoms with Gasteiger partial charge in [-0.1, -0.05) is 13.8 Å². The molecule has 1 aliphatic heterocycles. The number of hydrogen-bond acceptors (Lipinski definition) is 3. The molecule has 2 unspecified atom stereocenters. The van der Waals surface area contributed by atoms with Crippen LogP contribution < -0.4 is 5.32 Å². The fourth-order valence-corrected chi connectivity index (χ4v) is 2.22. The smallest absolute Gasteiger partial charge is 0.0587 e. The Balaban J connectivity index is 2.18. The standard InChI is InChI=1S/C13H27NO2/c1-11(2)12(10-14-6-8-15-3)9-13-5-4-7-16-13/h11-14H,4-10H2,1-3H3. The Hall–Kier alpha value is -0.120. The van der Waals surface area contributed by atoms with Gasteiger partial charge in [0.15, 0.2) is 0 Å². The highest BCUT2D eigenvalue weighted by atomic mass is 16.5. The van der Waals surface area contributed by atoms with Crippen molar-refractivity contribution in [2.24, 2.45) is 11.8 Å². The summed E-state index contributed by atoms with van der Waals surface area (Å²) in [4.78, 5) is 0. The van der Waals surface area contributed by atoms with E-state index < -0.39 is 0 Å². The SMILES string of the molecule is COCCNCC(CC1CCCO1)C(C)C. The summed E-state index contributed by atoms with van der Waals surface area (Å²) in [6.45, 7) is 8.40. The first-order valence-electron chi connectivity index (χ1n) is 6.55. The molecule has 1 saturated heterocycles. The number of nitrogens with one attached hydrogen (secondary N) is 1. The minimum atomic E-state index is 0.511. The highest BCUT2D eigenvalue weighted by Crippen LogP contribution is 2.24. The fourth-order valence-electron chi connectivity index (χ4n) is 2.22. The van der Waals surface area contributed by atoms with Crippen LogP contribution in [-0.4, -0.2) is 39.5 Å². The lowest BCUT2D eigenvalue weighted by molar-refractivity contribution is 0.0812. The summed E-state index contributed by atoms with van der Waals surface area (Å²) in [6, 6.07) is 0. The molecule has 0 aromatic rings. The molecule has 2 atom stereocenters. The molecule has 0 spiro atoms. The van der Waals surface area contributed by atoms with Gasteiger partial charge in [0.2, 0.25) is 0 Å². The van der Waals surface area contributed by atoms with Gasteiger partial charge in [-0.15, -0.1) is 0 Å². The van der Waals surface area contributed by atoms with Crippen LogP contribution >= 0.6 is 0 Å². The van der Waals surface area contributed by atoms with Gasteiger partial charge in [0.1, 0.15) is 0 Å². The van der Waals surface area contributed by atoms with Gasteiger partial charge in [0.25, 0.3) is 0 Å². The van der Waals surface area contributed by atoms with E-state index in [2.05, 4.69) is 19.2 Å². The molecule has 3 heteroatoms. The van der Waals surface area contributed by atoms with E-state index in [4.69, 9.17) is 9.47 Å². The van der Waals surface area contributed by atoms with E-state index in [1.807, 2.05) is 0 Å². The lowest BCUT2D eigenvalue weighted by Gasteiger charge is -2.24. The van der Waals surface area contributed by atoms with Gasteiger partial charge in [-0.3, -0.25) is 0 Å². The zero-order valence-corrected chi connectivity index (χ0v) is 11.0. The average molecular weight is 229 g/mol. The summed E-state index contributed by atoms with van der Waals surface area (Å²) < 4.78 is 10.7. The Morgan fingerprint density at radius 2 is 2.25 bits per heavy atom. The Morgan fingerprint density at radius 3 is 2.81 bits per heavy atom. The van der Waals surface area contributed by atoms with Gasteiger partial charge < -0.3 is 14.8 Å².